The number of amidine groups is 1. The van der Waals surface area contributed by atoms with Crippen LogP contribution in [-0.4, -0.2) is 51.4 Å². The van der Waals surface area contributed by atoms with Gasteiger partial charge in [-0.2, -0.15) is 4.99 Å². The molecule has 1 unspecified atom stereocenters. The fraction of sp³-hybridized carbons (Fsp3) is 0.471. The Hall–Kier alpha value is -2.61. The molecule has 1 aromatic heterocycles. The summed E-state index contributed by atoms with van der Waals surface area (Å²) in [5.74, 6) is 3.83. The van der Waals surface area contributed by atoms with Gasteiger partial charge >= 0.3 is 0 Å². The van der Waals surface area contributed by atoms with Crippen LogP contribution in [0.25, 0.3) is 0 Å². The molecule has 1 atom stereocenters. The van der Waals surface area contributed by atoms with E-state index in [1.165, 1.54) is 0 Å². The van der Waals surface area contributed by atoms with Crippen molar-refractivity contribution in [2.45, 2.75) is 25.7 Å². The maximum absolute atomic E-state index is 11.9. The summed E-state index contributed by atoms with van der Waals surface area (Å²) in [5.41, 5.74) is 3.45. The third-order valence-electron chi connectivity index (χ3n) is 4.90. The van der Waals surface area contributed by atoms with E-state index in [9.17, 15) is 4.79 Å². The summed E-state index contributed by atoms with van der Waals surface area (Å²) in [6.07, 6.45) is 11.2. The average molecular weight is 342 g/mol. The molecule has 1 N–H and O–H groups in total. The second-order valence-electron chi connectivity index (χ2n) is 6.97. The van der Waals surface area contributed by atoms with Gasteiger partial charge in [0.2, 0.25) is 5.91 Å². The molecule has 1 amide bonds. The van der Waals surface area contributed by atoms with E-state index in [0.29, 0.717) is 11.0 Å². The van der Waals surface area contributed by atoms with E-state index in [-0.39, 0.29) is 5.91 Å². The largest absolute Gasteiger partial charge is 0.346 e. The van der Waals surface area contributed by atoms with E-state index in [0.717, 1.165) is 49.1 Å². The van der Waals surface area contributed by atoms with Gasteiger partial charge < -0.3 is 9.47 Å². The monoisotopic (exact) mass is 342 g/mol. The SMILES string of the molecule is CN1C=C[N+]2(C)NC(CCc3nc(N4CCCC4=O)cn3C)=NC2=C1. The first kappa shape index (κ1) is 15.9. The second kappa shape index (κ2) is 5.73. The minimum Gasteiger partial charge on any atom is -0.346 e. The first-order chi connectivity index (χ1) is 11.9. The molecule has 25 heavy (non-hydrogen) atoms. The Balaban J connectivity index is 1.45. The number of anilines is 1. The van der Waals surface area contributed by atoms with E-state index in [4.69, 9.17) is 4.99 Å². The Labute approximate surface area is 147 Å². The van der Waals surface area contributed by atoms with E-state index in [1.807, 2.05) is 42.2 Å². The quantitative estimate of drug-likeness (QED) is 0.831. The molecular weight excluding hydrogens is 318 g/mol. The number of fused-ring (bicyclic) bond motifs is 1. The fourth-order valence-corrected chi connectivity index (χ4v) is 3.40. The van der Waals surface area contributed by atoms with Crippen LogP contribution in [0, 0.1) is 0 Å². The van der Waals surface area contributed by atoms with Crippen LogP contribution in [0.15, 0.2) is 35.6 Å². The number of quaternary nitrogens is 1. The molecule has 1 saturated heterocycles. The lowest BCUT2D eigenvalue weighted by molar-refractivity contribution is -0.853. The molecular formula is C17H24N7O+. The third-order valence-corrected chi connectivity index (χ3v) is 4.90. The van der Waals surface area contributed by atoms with E-state index in [2.05, 4.69) is 23.7 Å². The number of hydrogen-bond donors (Lipinski definition) is 1. The van der Waals surface area contributed by atoms with Gasteiger partial charge in [-0.1, -0.05) is 0 Å². The molecule has 0 spiro atoms. The van der Waals surface area contributed by atoms with Crippen LogP contribution in [0.4, 0.5) is 5.82 Å². The summed E-state index contributed by atoms with van der Waals surface area (Å²) >= 11 is 0. The molecule has 132 valence electrons. The van der Waals surface area contributed by atoms with E-state index >= 15 is 0 Å². The number of nitrogens with one attached hydrogen (secondary N) is 1. The second-order valence-corrected chi connectivity index (χ2v) is 6.97. The number of carbonyl (C=O) groups is 1. The molecule has 8 heteroatoms. The van der Waals surface area contributed by atoms with Gasteiger partial charge in [0.25, 0.3) is 5.82 Å². The Morgan fingerprint density at radius 1 is 1.32 bits per heavy atom. The van der Waals surface area contributed by atoms with E-state index in [1.54, 1.807) is 4.90 Å². The predicted molar refractivity (Wildman–Crippen MR) is 94.9 cm³/mol. The first-order valence-electron chi connectivity index (χ1n) is 8.63. The van der Waals surface area contributed by atoms with Crippen LogP contribution in [0.5, 0.6) is 0 Å². The molecule has 8 nitrogen and oxygen atoms in total. The van der Waals surface area contributed by atoms with Crippen molar-refractivity contribution >= 4 is 17.6 Å². The highest BCUT2D eigenvalue weighted by Gasteiger charge is 2.36. The molecule has 4 heterocycles. The molecule has 0 saturated carbocycles. The maximum atomic E-state index is 11.9. The minimum atomic E-state index is 0.170. The van der Waals surface area contributed by atoms with Crippen molar-refractivity contribution in [1.29, 1.82) is 0 Å². The summed E-state index contributed by atoms with van der Waals surface area (Å²) in [6, 6.07) is 0. The van der Waals surface area contributed by atoms with Crippen LogP contribution in [0.2, 0.25) is 0 Å². The summed E-state index contributed by atoms with van der Waals surface area (Å²) in [6.45, 7) is 0.771. The summed E-state index contributed by atoms with van der Waals surface area (Å²) in [7, 11) is 6.05. The van der Waals surface area contributed by atoms with Crippen LogP contribution in [0.1, 0.15) is 25.1 Å². The number of aryl methyl sites for hydroxylation is 2. The van der Waals surface area contributed by atoms with Gasteiger partial charge in [-0.15, -0.1) is 4.59 Å². The summed E-state index contributed by atoms with van der Waals surface area (Å²) in [5, 5.41) is 0. The lowest BCUT2D eigenvalue weighted by Crippen LogP contribution is -2.48. The number of hydrogen-bond acceptors (Lipinski definition) is 5. The molecule has 0 aromatic carbocycles. The van der Waals surface area contributed by atoms with Gasteiger partial charge in [-0.25, -0.2) is 10.4 Å². The highest BCUT2D eigenvalue weighted by atomic mass is 16.2. The van der Waals surface area contributed by atoms with Crippen LogP contribution in [-0.2, 0) is 18.3 Å². The minimum absolute atomic E-state index is 0.170. The first-order valence-corrected chi connectivity index (χ1v) is 8.63. The Morgan fingerprint density at radius 2 is 2.16 bits per heavy atom. The molecule has 3 aliphatic rings. The van der Waals surface area contributed by atoms with Crippen molar-refractivity contribution in [2.24, 2.45) is 12.0 Å². The Morgan fingerprint density at radius 3 is 2.92 bits per heavy atom. The summed E-state index contributed by atoms with van der Waals surface area (Å²) < 4.78 is 2.50. The zero-order valence-corrected chi connectivity index (χ0v) is 14.9. The maximum Gasteiger partial charge on any atom is 0.275 e. The fourth-order valence-electron chi connectivity index (χ4n) is 3.40. The van der Waals surface area contributed by atoms with Crippen LogP contribution < -0.4 is 10.3 Å². The normalized spacial score (nSPS) is 25.2. The number of amides is 1. The average Bonchev–Trinajstić information content (AvgIpc) is 3.22. The third kappa shape index (κ3) is 2.82. The molecule has 1 aromatic rings. The number of aliphatic imine (C=N–C) groups is 1. The highest BCUT2D eigenvalue weighted by Crippen LogP contribution is 2.25. The van der Waals surface area contributed by atoms with Crippen LogP contribution >= 0.6 is 0 Å². The zero-order chi connectivity index (χ0) is 17.6. The molecule has 0 aliphatic carbocycles. The molecule has 0 bridgehead atoms. The molecule has 4 rings (SSSR count). The van der Waals surface area contributed by atoms with Gasteiger partial charge in [0, 0.05) is 46.1 Å². The van der Waals surface area contributed by atoms with Crippen molar-refractivity contribution in [1.82, 2.24) is 19.9 Å². The van der Waals surface area contributed by atoms with Gasteiger partial charge in [-0.3, -0.25) is 9.69 Å². The van der Waals surface area contributed by atoms with Gasteiger partial charge in [0.15, 0.2) is 11.7 Å². The predicted octanol–water partition coefficient (Wildman–Crippen LogP) is 1.06. The van der Waals surface area contributed by atoms with Gasteiger partial charge in [0.1, 0.15) is 19.1 Å². The lowest BCUT2D eigenvalue weighted by Gasteiger charge is -2.27. The topological polar surface area (TPSA) is 65.8 Å². The Kier molecular flexibility index (Phi) is 3.64. The van der Waals surface area contributed by atoms with E-state index < -0.39 is 0 Å². The number of aromatic nitrogens is 2. The smallest absolute Gasteiger partial charge is 0.275 e. The van der Waals surface area contributed by atoms with Crippen molar-refractivity contribution in [3.05, 3.63) is 36.4 Å². The molecule has 0 radical (unpaired) electrons. The van der Waals surface area contributed by atoms with Gasteiger partial charge in [0.05, 0.1) is 12.4 Å². The van der Waals surface area contributed by atoms with Crippen molar-refractivity contribution in [3.63, 3.8) is 0 Å². The van der Waals surface area contributed by atoms with Crippen LogP contribution in [0.3, 0.4) is 0 Å². The molecule has 1 fully saturated rings. The zero-order valence-electron chi connectivity index (χ0n) is 14.9. The van der Waals surface area contributed by atoms with Crippen molar-refractivity contribution in [3.8, 4) is 0 Å². The van der Waals surface area contributed by atoms with Crippen molar-refractivity contribution in [2.75, 3.05) is 25.5 Å². The lowest BCUT2D eigenvalue weighted by atomic mass is 10.3. The number of nitrogens with zero attached hydrogens (tertiary/aromatic N) is 6. The number of carbonyl (C=O) groups excluding carboxylic acids is 1. The summed E-state index contributed by atoms with van der Waals surface area (Å²) in [4.78, 5) is 25.1. The highest BCUT2D eigenvalue weighted by molar-refractivity contribution is 5.94. The standard InChI is InChI=1S/C17H24N7O/c1-21-9-10-24(3)16(12-21)18-13(20-24)6-7-14-19-15(11-22(14)2)23-8-4-5-17(23)25/h9-12H,4-8H2,1-3H3,(H,18,20)/q+1. The van der Waals surface area contributed by atoms with Gasteiger partial charge in [-0.05, 0) is 6.42 Å². The molecule has 3 aliphatic heterocycles. The number of imidazole rings is 1. The number of rotatable bonds is 4. The Bertz CT molecular complexity index is 806. The van der Waals surface area contributed by atoms with Crippen molar-refractivity contribution < 1.29 is 9.39 Å².